The summed E-state index contributed by atoms with van der Waals surface area (Å²) in [5, 5.41) is -0.607. The predicted octanol–water partition coefficient (Wildman–Crippen LogP) is 2.44. The van der Waals surface area contributed by atoms with E-state index >= 15 is 0 Å². The van der Waals surface area contributed by atoms with Gasteiger partial charge in [0.2, 0.25) is 5.95 Å². The van der Waals surface area contributed by atoms with Gasteiger partial charge in [-0.05, 0) is 12.1 Å². The number of nitrogens with zero attached hydrogens (tertiary/aromatic N) is 5. The van der Waals surface area contributed by atoms with Gasteiger partial charge < -0.3 is 15.4 Å². The number of ether oxygens (including phenoxy) is 1. The van der Waals surface area contributed by atoms with Gasteiger partial charge in [-0.3, -0.25) is 0 Å². The van der Waals surface area contributed by atoms with Crippen molar-refractivity contribution in [2.45, 2.75) is 0 Å². The van der Waals surface area contributed by atoms with Crippen LogP contribution in [-0.2, 0) is 4.74 Å². The molecule has 4 rings (SSSR count). The number of anilines is 2. The second-order valence-corrected chi connectivity index (χ2v) is 6.03. The number of aromatic nitrogens is 4. The molecule has 0 radical (unpaired) electrons. The molecule has 0 unspecified atom stereocenters. The maximum atomic E-state index is 14.6. The minimum absolute atomic E-state index is 0.0106. The Kier molecular flexibility index (Phi) is 4.25. The average molecular weight is 379 g/mol. The molecule has 134 valence electrons. The van der Waals surface area contributed by atoms with Crippen LogP contribution in [0.5, 0.6) is 0 Å². The van der Waals surface area contributed by atoms with E-state index in [0.717, 1.165) is 6.07 Å². The second-order valence-electron chi connectivity index (χ2n) is 5.65. The molecule has 1 fully saturated rings. The molecule has 1 aliphatic rings. The maximum Gasteiger partial charge on any atom is 0.226 e. The number of benzene rings is 1. The molecule has 0 bridgehead atoms. The summed E-state index contributed by atoms with van der Waals surface area (Å²) < 4.78 is 33.5. The molecular weight excluding hydrogens is 366 g/mol. The Labute approximate surface area is 151 Å². The quantitative estimate of drug-likeness (QED) is 0.685. The van der Waals surface area contributed by atoms with E-state index in [9.17, 15) is 8.78 Å². The largest absolute Gasteiger partial charge is 0.382 e. The van der Waals surface area contributed by atoms with Crippen LogP contribution in [0.4, 0.5) is 20.5 Å². The Bertz CT molecular complexity index is 996. The van der Waals surface area contributed by atoms with Gasteiger partial charge in [-0.25, -0.2) is 28.7 Å². The highest BCUT2D eigenvalue weighted by atomic mass is 35.5. The lowest BCUT2D eigenvalue weighted by Crippen LogP contribution is -2.37. The molecule has 1 aromatic carbocycles. The second kappa shape index (κ2) is 6.58. The van der Waals surface area contributed by atoms with E-state index in [1.54, 1.807) is 0 Å². The smallest absolute Gasteiger partial charge is 0.226 e. The highest BCUT2D eigenvalue weighted by molar-refractivity contribution is 6.31. The summed E-state index contributed by atoms with van der Waals surface area (Å²) in [5.41, 5.74) is 6.66. The summed E-state index contributed by atoms with van der Waals surface area (Å²) in [5.74, 6) is -1.29. The van der Waals surface area contributed by atoms with Crippen molar-refractivity contribution < 1.29 is 13.5 Å². The highest BCUT2D eigenvalue weighted by Crippen LogP contribution is 2.33. The zero-order valence-electron chi connectivity index (χ0n) is 13.4. The van der Waals surface area contributed by atoms with Crippen LogP contribution in [0.2, 0.25) is 5.02 Å². The first-order chi connectivity index (χ1) is 12.6. The SMILES string of the molecule is Nc1ncnc2c(-c3ccc(F)c(Cl)c3F)nc(N3CCOCC3)nc12. The van der Waals surface area contributed by atoms with Crippen LogP contribution >= 0.6 is 11.6 Å². The molecule has 0 saturated carbocycles. The minimum Gasteiger partial charge on any atom is -0.382 e. The number of morpholine rings is 1. The van der Waals surface area contributed by atoms with Crippen LogP contribution in [0.15, 0.2) is 18.5 Å². The van der Waals surface area contributed by atoms with Crippen molar-refractivity contribution in [3.8, 4) is 11.3 Å². The van der Waals surface area contributed by atoms with Crippen molar-refractivity contribution in [3.63, 3.8) is 0 Å². The Morgan fingerprint density at radius 1 is 1.08 bits per heavy atom. The molecule has 0 spiro atoms. The fourth-order valence-electron chi connectivity index (χ4n) is 2.76. The Balaban J connectivity index is 1.98. The van der Waals surface area contributed by atoms with Crippen LogP contribution < -0.4 is 10.6 Å². The number of rotatable bonds is 2. The summed E-state index contributed by atoms with van der Waals surface area (Å²) in [6.45, 7) is 2.19. The fraction of sp³-hybridized carbons (Fsp3) is 0.250. The molecule has 0 amide bonds. The van der Waals surface area contributed by atoms with E-state index in [0.29, 0.717) is 37.8 Å². The minimum atomic E-state index is -0.920. The van der Waals surface area contributed by atoms with Gasteiger partial charge in [0.05, 0.1) is 13.2 Å². The molecule has 26 heavy (non-hydrogen) atoms. The van der Waals surface area contributed by atoms with Crippen LogP contribution in [-0.4, -0.2) is 46.2 Å². The molecule has 0 aliphatic carbocycles. The summed E-state index contributed by atoms with van der Waals surface area (Å²) >= 11 is 5.73. The maximum absolute atomic E-state index is 14.6. The first-order valence-corrected chi connectivity index (χ1v) is 8.19. The van der Waals surface area contributed by atoms with Gasteiger partial charge in [0.25, 0.3) is 0 Å². The van der Waals surface area contributed by atoms with E-state index in [1.807, 2.05) is 4.90 Å². The monoisotopic (exact) mass is 378 g/mol. The van der Waals surface area contributed by atoms with E-state index in [1.165, 1.54) is 12.4 Å². The van der Waals surface area contributed by atoms with Gasteiger partial charge >= 0.3 is 0 Å². The summed E-state index contributed by atoms with van der Waals surface area (Å²) in [6, 6.07) is 2.34. The lowest BCUT2D eigenvalue weighted by atomic mass is 10.1. The Morgan fingerprint density at radius 3 is 2.62 bits per heavy atom. The molecule has 2 aromatic heterocycles. The summed E-state index contributed by atoms with van der Waals surface area (Å²) in [4.78, 5) is 18.9. The number of hydrogen-bond acceptors (Lipinski definition) is 7. The van der Waals surface area contributed by atoms with Gasteiger partial charge in [-0.2, -0.15) is 0 Å². The third-order valence-corrected chi connectivity index (χ3v) is 4.43. The Morgan fingerprint density at radius 2 is 1.85 bits per heavy atom. The van der Waals surface area contributed by atoms with Crippen LogP contribution in [0.3, 0.4) is 0 Å². The van der Waals surface area contributed by atoms with Crippen molar-refractivity contribution >= 4 is 34.4 Å². The molecule has 1 aliphatic heterocycles. The van der Waals surface area contributed by atoms with Crippen molar-refractivity contribution in [3.05, 3.63) is 35.1 Å². The molecule has 10 heteroatoms. The standard InChI is InChI=1S/C16H13ClF2N6O/c17-10-9(18)2-1-8(11(10)19)12-13-14(15(20)22-7-21-13)24-16(23-12)25-3-5-26-6-4-25/h1-2,7H,3-6H2,(H2,20,21,22). The number of nitrogens with two attached hydrogens (primary N) is 1. The first kappa shape index (κ1) is 16.8. The van der Waals surface area contributed by atoms with Crippen molar-refractivity contribution in [2.75, 3.05) is 36.9 Å². The van der Waals surface area contributed by atoms with Crippen LogP contribution in [0.1, 0.15) is 0 Å². The lowest BCUT2D eigenvalue weighted by Gasteiger charge is -2.27. The number of halogens is 3. The van der Waals surface area contributed by atoms with E-state index < -0.39 is 16.7 Å². The van der Waals surface area contributed by atoms with Crippen molar-refractivity contribution in [2.24, 2.45) is 0 Å². The van der Waals surface area contributed by atoms with Crippen LogP contribution in [0, 0.1) is 11.6 Å². The van der Waals surface area contributed by atoms with Crippen molar-refractivity contribution in [1.82, 2.24) is 19.9 Å². The predicted molar refractivity (Wildman–Crippen MR) is 92.9 cm³/mol. The lowest BCUT2D eigenvalue weighted by molar-refractivity contribution is 0.122. The normalized spacial score (nSPS) is 14.8. The molecule has 3 heterocycles. The number of nitrogen functional groups attached to an aromatic ring is 1. The third kappa shape index (κ3) is 2.78. The Hall–Kier alpha value is -2.65. The molecular formula is C16H13ClF2N6O. The molecule has 7 nitrogen and oxygen atoms in total. The molecule has 0 atom stereocenters. The molecule has 2 N–H and O–H groups in total. The fourth-order valence-corrected chi connectivity index (χ4v) is 2.92. The topological polar surface area (TPSA) is 90.0 Å². The van der Waals surface area contributed by atoms with E-state index in [2.05, 4.69) is 19.9 Å². The molecule has 1 saturated heterocycles. The van der Waals surface area contributed by atoms with Gasteiger partial charge in [-0.15, -0.1) is 0 Å². The summed E-state index contributed by atoms with van der Waals surface area (Å²) in [7, 11) is 0. The zero-order valence-corrected chi connectivity index (χ0v) is 14.2. The molecule has 3 aromatic rings. The van der Waals surface area contributed by atoms with Crippen LogP contribution in [0.25, 0.3) is 22.3 Å². The summed E-state index contributed by atoms with van der Waals surface area (Å²) in [6.07, 6.45) is 1.24. The average Bonchev–Trinajstić information content (AvgIpc) is 2.67. The van der Waals surface area contributed by atoms with E-state index in [-0.39, 0.29) is 22.6 Å². The zero-order chi connectivity index (χ0) is 18.3. The van der Waals surface area contributed by atoms with Crippen molar-refractivity contribution in [1.29, 1.82) is 0 Å². The van der Waals surface area contributed by atoms with E-state index in [4.69, 9.17) is 22.1 Å². The first-order valence-electron chi connectivity index (χ1n) is 7.81. The highest BCUT2D eigenvalue weighted by Gasteiger charge is 2.22. The van der Waals surface area contributed by atoms with Gasteiger partial charge in [-0.1, -0.05) is 11.6 Å². The third-order valence-electron chi connectivity index (χ3n) is 4.08. The number of hydrogen-bond donors (Lipinski definition) is 1. The van der Waals surface area contributed by atoms with Gasteiger partial charge in [0.1, 0.15) is 33.9 Å². The number of fused-ring (bicyclic) bond motifs is 1. The van der Waals surface area contributed by atoms with Gasteiger partial charge in [0, 0.05) is 18.7 Å². The van der Waals surface area contributed by atoms with Gasteiger partial charge in [0.15, 0.2) is 11.6 Å².